The molecule has 0 fully saturated rings. The van der Waals surface area contributed by atoms with E-state index in [-0.39, 0.29) is 5.92 Å². The van der Waals surface area contributed by atoms with Gasteiger partial charge in [0.25, 0.3) is 0 Å². The predicted molar refractivity (Wildman–Crippen MR) is 39.8 cm³/mol. The van der Waals surface area contributed by atoms with E-state index in [1.54, 1.807) is 13.8 Å². The van der Waals surface area contributed by atoms with Crippen LogP contribution >= 0.6 is 0 Å². The maximum atomic E-state index is 10.5. The Bertz CT molecular complexity index is 158. The first kappa shape index (κ1) is 9.87. The van der Waals surface area contributed by atoms with Crippen LogP contribution in [0, 0.1) is 10.8 Å². The normalized spacial score (nSPS) is 12.7. The molecule has 5 nitrogen and oxygen atoms in total. The molecule has 64 valence electrons. The molecule has 0 aliphatic rings. The fraction of sp³-hybridized carbons (Fsp3) is 0.833. The molecule has 0 aliphatic carbocycles. The number of nitrogens with zero attached hydrogens (tertiary/aromatic N) is 2. The average molecular weight is 160 g/mol. The van der Waals surface area contributed by atoms with Gasteiger partial charge < -0.3 is 5.11 Å². The van der Waals surface area contributed by atoms with E-state index in [4.69, 9.17) is 5.11 Å². The van der Waals surface area contributed by atoms with Crippen molar-refractivity contribution in [2.75, 3.05) is 7.05 Å². The lowest BCUT2D eigenvalue weighted by molar-refractivity contribution is -0.144. The molecule has 0 spiro atoms. The number of hydrogen-bond donors (Lipinski definition) is 1. The van der Waals surface area contributed by atoms with Crippen molar-refractivity contribution in [2.24, 2.45) is 11.2 Å². The third kappa shape index (κ3) is 2.53. The molecule has 1 N–H and O–H groups in total. The van der Waals surface area contributed by atoms with Crippen LogP contribution in [0.25, 0.3) is 0 Å². The van der Waals surface area contributed by atoms with E-state index in [9.17, 15) is 9.70 Å². The Hall–Kier alpha value is -1.13. The summed E-state index contributed by atoms with van der Waals surface area (Å²) in [6, 6.07) is -0.826. The highest BCUT2D eigenvalue weighted by atomic mass is 16.4. The summed E-state index contributed by atoms with van der Waals surface area (Å²) in [6.45, 7) is 3.45. The number of nitroso groups, excluding NO2 is 1. The number of rotatable bonds is 4. The first-order valence-electron chi connectivity index (χ1n) is 3.29. The van der Waals surface area contributed by atoms with Crippen molar-refractivity contribution >= 4 is 5.97 Å². The Morgan fingerprint density at radius 3 is 2.09 bits per heavy atom. The molecule has 0 aromatic carbocycles. The quantitative estimate of drug-likeness (QED) is 0.485. The zero-order valence-electron chi connectivity index (χ0n) is 6.81. The van der Waals surface area contributed by atoms with Gasteiger partial charge in [0.2, 0.25) is 0 Å². The van der Waals surface area contributed by atoms with Crippen LogP contribution in [0.1, 0.15) is 13.8 Å². The van der Waals surface area contributed by atoms with Crippen LogP contribution in [0.15, 0.2) is 5.29 Å². The van der Waals surface area contributed by atoms with Crippen LogP contribution in [0.3, 0.4) is 0 Å². The maximum absolute atomic E-state index is 10.5. The van der Waals surface area contributed by atoms with Crippen LogP contribution in [-0.4, -0.2) is 29.2 Å². The SMILES string of the molecule is CC(C)[C@@H](C(=O)O)N(C)N=O. The summed E-state index contributed by atoms with van der Waals surface area (Å²) in [7, 11) is 1.35. The van der Waals surface area contributed by atoms with E-state index in [0.29, 0.717) is 0 Å². The molecule has 0 saturated heterocycles. The Morgan fingerprint density at radius 1 is 1.55 bits per heavy atom. The minimum absolute atomic E-state index is 0.129. The van der Waals surface area contributed by atoms with Gasteiger partial charge in [0, 0.05) is 7.05 Å². The molecule has 0 aromatic heterocycles. The fourth-order valence-electron chi connectivity index (χ4n) is 0.927. The highest BCUT2D eigenvalue weighted by Crippen LogP contribution is 2.08. The highest BCUT2D eigenvalue weighted by molar-refractivity contribution is 5.73. The van der Waals surface area contributed by atoms with Gasteiger partial charge in [0.15, 0.2) is 0 Å². The third-order valence-corrected chi connectivity index (χ3v) is 1.42. The van der Waals surface area contributed by atoms with Crippen molar-refractivity contribution in [1.29, 1.82) is 0 Å². The first-order valence-corrected chi connectivity index (χ1v) is 3.29. The van der Waals surface area contributed by atoms with Crippen LogP contribution in [-0.2, 0) is 4.79 Å². The number of aliphatic carboxylic acids is 1. The van der Waals surface area contributed by atoms with Gasteiger partial charge in [-0.3, -0.25) is 0 Å². The Labute approximate surface area is 64.9 Å². The minimum atomic E-state index is -1.03. The second kappa shape index (κ2) is 3.90. The summed E-state index contributed by atoms with van der Waals surface area (Å²) in [5.74, 6) is -1.16. The summed E-state index contributed by atoms with van der Waals surface area (Å²) >= 11 is 0. The monoisotopic (exact) mass is 160 g/mol. The number of likely N-dealkylation sites (N-methyl/N-ethyl adjacent to an activating group) is 1. The lowest BCUT2D eigenvalue weighted by Gasteiger charge is -2.21. The van der Waals surface area contributed by atoms with Crippen molar-refractivity contribution < 1.29 is 9.90 Å². The lowest BCUT2D eigenvalue weighted by Crippen LogP contribution is -2.38. The smallest absolute Gasteiger partial charge is 0.328 e. The van der Waals surface area contributed by atoms with Crippen LogP contribution in [0.4, 0.5) is 0 Å². The van der Waals surface area contributed by atoms with E-state index in [2.05, 4.69) is 5.29 Å². The van der Waals surface area contributed by atoms with Gasteiger partial charge in [-0.25, -0.2) is 9.80 Å². The summed E-state index contributed by atoms with van der Waals surface area (Å²) in [6.07, 6.45) is 0. The number of carboxylic acids is 1. The van der Waals surface area contributed by atoms with Gasteiger partial charge in [-0.15, -0.1) is 4.91 Å². The summed E-state index contributed by atoms with van der Waals surface area (Å²) in [5.41, 5.74) is 0. The van der Waals surface area contributed by atoms with Gasteiger partial charge >= 0.3 is 5.97 Å². The molecule has 0 bridgehead atoms. The molecule has 0 aromatic rings. The molecule has 5 heteroatoms. The van der Waals surface area contributed by atoms with Crippen molar-refractivity contribution in [1.82, 2.24) is 5.01 Å². The molecule has 11 heavy (non-hydrogen) atoms. The van der Waals surface area contributed by atoms with Crippen molar-refractivity contribution in [3.05, 3.63) is 4.91 Å². The van der Waals surface area contributed by atoms with E-state index in [1.807, 2.05) is 0 Å². The molecule has 0 saturated carbocycles. The standard InChI is InChI=1S/C6H12N2O3/c1-4(2)5(6(9)10)8(3)7-11/h4-5H,1-3H3,(H,9,10)/t5-/m0/s1. The molecular weight excluding hydrogens is 148 g/mol. The number of carboxylic acid groups (broad SMARTS) is 1. The summed E-state index contributed by atoms with van der Waals surface area (Å²) in [4.78, 5) is 20.5. The van der Waals surface area contributed by atoms with Crippen molar-refractivity contribution in [3.63, 3.8) is 0 Å². The lowest BCUT2D eigenvalue weighted by atomic mass is 10.1. The van der Waals surface area contributed by atoms with Gasteiger partial charge in [-0.05, 0) is 5.92 Å². The Balaban J connectivity index is 4.33. The van der Waals surface area contributed by atoms with E-state index in [1.165, 1.54) is 7.05 Å². The second-order valence-electron chi connectivity index (χ2n) is 2.68. The molecular formula is C6H12N2O3. The van der Waals surface area contributed by atoms with Crippen LogP contribution in [0.2, 0.25) is 0 Å². The Morgan fingerprint density at radius 2 is 2.00 bits per heavy atom. The first-order chi connectivity index (χ1) is 5.00. The van der Waals surface area contributed by atoms with Gasteiger partial charge in [-0.2, -0.15) is 0 Å². The molecule has 0 heterocycles. The second-order valence-corrected chi connectivity index (χ2v) is 2.68. The summed E-state index contributed by atoms with van der Waals surface area (Å²) in [5, 5.41) is 12.0. The molecule has 0 radical (unpaired) electrons. The largest absolute Gasteiger partial charge is 0.480 e. The number of hydrogen-bond acceptors (Lipinski definition) is 3. The highest BCUT2D eigenvalue weighted by Gasteiger charge is 2.25. The zero-order valence-corrected chi connectivity index (χ0v) is 6.81. The van der Waals surface area contributed by atoms with Crippen molar-refractivity contribution in [2.45, 2.75) is 19.9 Å². The minimum Gasteiger partial charge on any atom is -0.480 e. The zero-order chi connectivity index (χ0) is 9.02. The fourth-order valence-corrected chi connectivity index (χ4v) is 0.927. The van der Waals surface area contributed by atoms with E-state index in [0.717, 1.165) is 5.01 Å². The van der Waals surface area contributed by atoms with Gasteiger partial charge in [0.1, 0.15) is 6.04 Å². The van der Waals surface area contributed by atoms with Crippen molar-refractivity contribution in [3.8, 4) is 0 Å². The Kier molecular flexibility index (Phi) is 3.50. The molecule has 0 rings (SSSR count). The third-order valence-electron chi connectivity index (χ3n) is 1.42. The maximum Gasteiger partial charge on any atom is 0.328 e. The van der Waals surface area contributed by atoms with E-state index >= 15 is 0 Å². The average Bonchev–Trinajstić information content (AvgIpc) is 1.85. The van der Waals surface area contributed by atoms with Crippen LogP contribution in [0.5, 0.6) is 0 Å². The van der Waals surface area contributed by atoms with Gasteiger partial charge in [0.05, 0.1) is 5.29 Å². The van der Waals surface area contributed by atoms with Crippen LogP contribution < -0.4 is 0 Å². The number of carbonyl (C=O) groups is 1. The van der Waals surface area contributed by atoms with E-state index < -0.39 is 12.0 Å². The van der Waals surface area contributed by atoms with Gasteiger partial charge in [-0.1, -0.05) is 13.8 Å². The topological polar surface area (TPSA) is 70.0 Å². The predicted octanol–water partition coefficient (Wildman–Crippen LogP) is 0.709. The summed E-state index contributed by atoms with van der Waals surface area (Å²) < 4.78 is 0. The molecule has 1 atom stereocenters. The molecule has 0 aliphatic heterocycles. The molecule has 0 unspecified atom stereocenters. The molecule has 0 amide bonds.